The average Bonchev–Trinajstić information content (AvgIpc) is 3.10. The number of nitro groups is 1. The van der Waals surface area contributed by atoms with E-state index in [9.17, 15) is 14.9 Å². The Labute approximate surface area is 297 Å². The summed E-state index contributed by atoms with van der Waals surface area (Å²) in [6.45, 7) is 11.6. The molecule has 0 saturated carbocycles. The zero-order valence-electron chi connectivity index (χ0n) is 30.7. The maximum atomic E-state index is 12.4. The first kappa shape index (κ1) is 39.8. The van der Waals surface area contributed by atoms with Crippen molar-refractivity contribution >= 4 is 40.1 Å². The second kappa shape index (κ2) is 20.8. The molecule has 0 spiro atoms. The lowest BCUT2D eigenvalue weighted by molar-refractivity contribution is -0.384. The number of esters is 1. The number of hydrogen-bond donors (Lipinski definition) is 0. The maximum Gasteiger partial charge on any atom is 0.311 e. The summed E-state index contributed by atoms with van der Waals surface area (Å²) in [6, 6.07) is 17.3. The summed E-state index contributed by atoms with van der Waals surface area (Å²) in [6.07, 6.45) is 12.8. The van der Waals surface area contributed by atoms with Crippen molar-refractivity contribution in [2.45, 2.75) is 98.8 Å². The second-order valence-electron chi connectivity index (χ2n) is 13.6. The summed E-state index contributed by atoms with van der Waals surface area (Å²) < 4.78 is 11.2. The van der Waals surface area contributed by atoms with Crippen LogP contribution >= 0.6 is 0 Å². The number of aryl methyl sites for hydroxylation is 1. The predicted molar refractivity (Wildman–Crippen MR) is 200 cm³/mol. The van der Waals surface area contributed by atoms with Gasteiger partial charge in [0.05, 0.1) is 41.1 Å². The number of nitro benzene ring substituents is 1. The Kier molecular flexibility index (Phi) is 16.5. The van der Waals surface area contributed by atoms with Gasteiger partial charge < -0.3 is 14.4 Å². The number of unbranched alkanes of at least 4 members (excludes halogenated alkanes) is 9. The van der Waals surface area contributed by atoms with Crippen molar-refractivity contribution in [1.82, 2.24) is 0 Å². The van der Waals surface area contributed by atoms with Crippen LogP contribution in [0.4, 0.5) is 34.1 Å². The highest BCUT2D eigenvalue weighted by Crippen LogP contribution is 2.37. The van der Waals surface area contributed by atoms with E-state index in [1.165, 1.54) is 69.9 Å². The fourth-order valence-electron chi connectivity index (χ4n) is 5.23. The third-order valence-corrected chi connectivity index (χ3v) is 8.31. The van der Waals surface area contributed by atoms with Crippen LogP contribution in [0.25, 0.3) is 0 Å². The molecule has 270 valence electrons. The van der Waals surface area contributed by atoms with Crippen molar-refractivity contribution < 1.29 is 19.2 Å². The Morgan fingerprint density at radius 3 is 1.84 bits per heavy atom. The first-order valence-corrected chi connectivity index (χ1v) is 17.8. The quantitative estimate of drug-likeness (QED) is 0.0360. The van der Waals surface area contributed by atoms with E-state index in [4.69, 9.17) is 9.47 Å². The van der Waals surface area contributed by atoms with Crippen LogP contribution in [0.5, 0.6) is 5.75 Å². The van der Waals surface area contributed by atoms with Crippen molar-refractivity contribution in [3.63, 3.8) is 0 Å². The van der Waals surface area contributed by atoms with Crippen LogP contribution in [0.2, 0.25) is 0 Å². The summed E-state index contributed by atoms with van der Waals surface area (Å²) in [5.41, 5.74) is 3.63. The number of benzene rings is 3. The molecule has 3 aromatic rings. The summed E-state index contributed by atoms with van der Waals surface area (Å²) in [5, 5.41) is 28.3. The summed E-state index contributed by atoms with van der Waals surface area (Å²) in [7, 11) is 1.55. The highest BCUT2D eigenvalue weighted by molar-refractivity contribution is 5.75. The van der Waals surface area contributed by atoms with Gasteiger partial charge in [-0.3, -0.25) is 14.9 Å². The topological polar surface area (TPSA) is 131 Å². The average molecular weight is 687 g/mol. The Bertz CT molecular complexity index is 1550. The zero-order valence-corrected chi connectivity index (χ0v) is 30.7. The Hall–Kier alpha value is -4.67. The van der Waals surface area contributed by atoms with Gasteiger partial charge in [0, 0.05) is 30.4 Å². The summed E-state index contributed by atoms with van der Waals surface area (Å²) in [5.74, 6) is 0.291. The largest absolute Gasteiger partial charge is 0.494 e. The van der Waals surface area contributed by atoms with E-state index in [-0.39, 0.29) is 11.7 Å². The van der Waals surface area contributed by atoms with E-state index in [1.807, 2.05) is 58.0 Å². The number of anilines is 1. The van der Waals surface area contributed by atoms with Crippen LogP contribution in [-0.4, -0.2) is 37.7 Å². The smallest absolute Gasteiger partial charge is 0.311 e. The molecule has 3 aromatic carbocycles. The molecular formula is C39H54N6O5. The number of azo groups is 2. The highest BCUT2D eigenvalue weighted by atomic mass is 16.6. The van der Waals surface area contributed by atoms with E-state index in [0.717, 1.165) is 24.2 Å². The van der Waals surface area contributed by atoms with Gasteiger partial charge in [0.15, 0.2) is 0 Å². The van der Waals surface area contributed by atoms with Crippen LogP contribution in [0.15, 0.2) is 81.1 Å². The lowest BCUT2D eigenvalue weighted by Crippen LogP contribution is -2.31. The van der Waals surface area contributed by atoms with Gasteiger partial charge in [0.2, 0.25) is 0 Å². The number of methoxy groups -OCH3 is 1. The SMILES string of the molecule is CCCCCCCCCCCCN(CCOC(=O)C(C)(C)C)c1ccc(N=Nc2cc(C)c(N=Nc3ccc([N+](=O)[O-])cc3)cc2OC)cc1. The molecule has 11 heteroatoms. The lowest BCUT2D eigenvalue weighted by atomic mass is 9.97. The van der Waals surface area contributed by atoms with Crippen molar-refractivity contribution in [1.29, 1.82) is 0 Å². The number of non-ortho nitro benzene ring substituents is 1. The molecule has 0 aliphatic rings. The standard InChI is InChI=1S/C39H54N6O5/c1-7-8-9-10-11-12-13-14-15-16-25-44(26-27-50-38(46)39(3,4)5)33-21-17-31(18-22-33)41-43-36-28-30(2)35(29-37(36)49-6)42-40-32-19-23-34(24-20-32)45(47)48/h17-24,28-29H,7-16,25-27H2,1-6H3. The first-order valence-electron chi connectivity index (χ1n) is 17.8. The number of ether oxygens (including phenoxy) is 2. The molecule has 0 aliphatic carbocycles. The molecule has 50 heavy (non-hydrogen) atoms. The van der Waals surface area contributed by atoms with Gasteiger partial charge in [-0.2, -0.15) is 15.3 Å². The fraction of sp³-hybridized carbons (Fsp3) is 0.513. The molecule has 0 aromatic heterocycles. The van der Waals surface area contributed by atoms with Gasteiger partial charge in [0.25, 0.3) is 5.69 Å². The molecule has 0 bridgehead atoms. The molecule has 0 aliphatic heterocycles. The molecular weight excluding hydrogens is 632 g/mol. The predicted octanol–water partition coefficient (Wildman–Crippen LogP) is 12.1. The molecule has 0 amide bonds. The van der Waals surface area contributed by atoms with Crippen molar-refractivity contribution in [2.24, 2.45) is 25.9 Å². The summed E-state index contributed by atoms with van der Waals surface area (Å²) >= 11 is 0. The molecule has 0 fully saturated rings. The van der Waals surface area contributed by atoms with Crippen LogP contribution in [0.1, 0.15) is 97.5 Å². The van der Waals surface area contributed by atoms with Crippen LogP contribution in [0, 0.1) is 22.5 Å². The summed E-state index contributed by atoms with van der Waals surface area (Å²) in [4.78, 5) is 25.1. The van der Waals surface area contributed by atoms with E-state index in [0.29, 0.717) is 41.7 Å². The number of nitrogens with zero attached hydrogens (tertiary/aromatic N) is 6. The van der Waals surface area contributed by atoms with E-state index in [1.54, 1.807) is 25.3 Å². The van der Waals surface area contributed by atoms with Crippen molar-refractivity contribution in [2.75, 3.05) is 31.7 Å². The number of hydrogen-bond acceptors (Lipinski definition) is 10. The highest BCUT2D eigenvalue weighted by Gasteiger charge is 2.23. The van der Waals surface area contributed by atoms with E-state index < -0.39 is 10.3 Å². The van der Waals surface area contributed by atoms with E-state index >= 15 is 0 Å². The number of rotatable bonds is 21. The monoisotopic (exact) mass is 686 g/mol. The fourth-order valence-corrected chi connectivity index (χ4v) is 5.23. The second-order valence-corrected chi connectivity index (χ2v) is 13.6. The molecule has 0 unspecified atom stereocenters. The van der Waals surface area contributed by atoms with Gasteiger partial charge in [-0.1, -0.05) is 64.7 Å². The van der Waals surface area contributed by atoms with Gasteiger partial charge in [-0.15, -0.1) is 5.11 Å². The molecule has 0 heterocycles. The molecule has 0 saturated heterocycles. The third-order valence-electron chi connectivity index (χ3n) is 8.31. The lowest BCUT2D eigenvalue weighted by Gasteiger charge is -2.26. The van der Waals surface area contributed by atoms with Crippen LogP contribution < -0.4 is 9.64 Å². The van der Waals surface area contributed by atoms with Crippen LogP contribution in [0.3, 0.4) is 0 Å². The number of carbonyl (C=O) groups is 1. The van der Waals surface area contributed by atoms with Gasteiger partial charge >= 0.3 is 5.97 Å². The third kappa shape index (κ3) is 13.7. The Morgan fingerprint density at radius 2 is 1.30 bits per heavy atom. The normalized spacial score (nSPS) is 11.7. The minimum atomic E-state index is -0.533. The molecule has 11 nitrogen and oxygen atoms in total. The zero-order chi connectivity index (χ0) is 36.4. The molecule has 0 atom stereocenters. The number of carbonyl (C=O) groups excluding carboxylic acids is 1. The maximum absolute atomic E-state index is 12.4. The van der Waals surface area contributed by atoms with E-state index in [2.05, 4.69) is 32.3 Å². The minimum absolute atomic E-state index is 0.00766. The molecule has 3 rings (SSSR count). The van der Waals surface area contributed by atoms with Gasteiger partial charge in [-0.25, -0.2) is 0 Å². The minimum Gasteiger partial charge on any atom is -0.494 e. The Balaban J connectivity index is 1.63. The van der Waals surface area contributed by atoms with Crippen molar-refractivity contribution in [3.8, 4) is 5.75 Å². The Morgan fingerprint density at radius 1 is 0.760 bits per heavy atom. The molecule has 0 N–H and O–H groups in total. The van der Waals surface area contributed by atoms with Crippen LogP contribution in [-0.2, 0) is 9.53 Å². The van der Waals surface area contributed by atoms with Crippen molar-refractivity contribution in [3.05, 3.63) is 76.3 Å². The van der Waals surface area contributed by atoms with Gasteiger partial charge in [-0.05, 0) is 82.1 Å². The van der Waals surface area contributed by atoms with Gasteiger partial charge in [0.1, 0.15) is 18.0 Å². The molecule has 0 radical (unpaired) electrons. The first-order chi connectivity index (χ1) is 24.0.